The van der Waals surface area contributed by atoms with Crippen molar-refractivity contribution in [3.05, 3.63) is 24.3 Å². The number of ether oxygens (including phenoxy) is 2. The molecule has 6 heteroatoms. The van der Waals surface area contributed by atoms with Crippen molar-refractivity contribution in [1.82, 2.24) is 0 Å². The second-order valence-electron chi connectivity index (χ2n) is 14.6. The van der Waals surface area contributed by atoms with E-state index in [9.17, 15) is 14.7 Å². The SMILES string of the molecule is CCCCCCCCC=CCCCCCCCC(=O)OCC[N+](C)(CCO)CCOC(=O)CCCCCCCC=CCCCCCCCC. The second-order valence-corrected chi connectivity index (χ2v) is 14.6. The van der Waals surface area contributed by atoms with Gasteiger partial charge in [0.05, 0.1) is 13.7 Å². The van der Waals surface area contributed by atoms with Crippen LogP contribution in [0.3, 0.4) is 0 Å². The van der Waals surface area contributed by atoms with E-state index in [2.05, 4.69) is 38.2 Å². The molecule has 49 heavy (non-hydrogen) atoms. The lowest BCUT2D eigenvalue weighted by atomic mass is 10.1. The van der Waals surface area contributed by atoms with Gasteiger partial charge in [-0.2, -0.15) is 0 Å². The number of hydrogen-bond donors (Lipinski definition) is 1. The van der Waals surface area contributed by atoms with Crippen molar-refractivity contribution in [2.45, 2.75) is 194 Å². The van der Waals surface area contributed by atoms with E-state index in [1.807, 2.05) is 7.05 Å². The van der Waals surface area contributed by atoms with Crippen LogP contribution in [0.15, 0.2) is 24.3 Å². The zero-order chi connectivity index (χ0) is 35.9. The molecule has 0 amide bonds. The van der Waals surface area contributed by atoms with Crippen LogP contribution in [0.2, 0.25) is 0 Å². The summed E-state index contributed by atoms with van der Waals surface area (Å²) >= 11 is 0. The Balaban J connectivity index is 3.75. The highest BCUT2D eigenvalue weighted by Gasteiger charge is 2.22. The molecule has 288 valence electrons. The normalized spacial score (nSPS) is 13.0. The number of nitrogens with zero attached hydrogens (tertiary/aromatic N) is 1. The summed E-state index contributed by atoms with van der Waals surface area (Å²) in [7, 11) is 2.02. The monoisotopic (exact) mass is 693 g/mol. The van der Waals surface area contributed by atoms with E-state index in [1.165, 1.54) is 141 Å². The molecule has 0 aliphatic heterocycles. The molecule has 0 bridgehead atoms. The van der Waals surface area contributed by atoms with Crippen molar-refractivity contribution in [2.24, 2.45) is 0 Å². The topological polar surface area (TPSA) is 72.8 Å². The van der Waals surface area contributed by atoms with Gasteiger partial charge in [0, 0.05) is 12.8 Å². The zero-order valence-electron chi connectivity index (χ0n) is 32.9. The number of likely N-dealkylation sites (N-methyl/N-ethyl adjacent to an activating group) is 1. The van der Waals surface area contributed by atoms with Gasteiger partial charge in [-0.25, -0.2) is 0 Å². The molecule has 0 spiro atoms. The second kappa shape index (κ2) is 37.6. The lowest BCUT2D eigenvalue weighted by molar-refractivity contribution is -0.910. The number of carbonyl (C=O) groups excluding carboxylic acids is 2. The molecule has 0 rings (SSSR count). The first-order valence-electron chi connectivity index (χ1n) is 21.0. The average molecular weight is 693 g/mol. The van der Waals surface area contributed by atoms with Crippen LogP contribution in [-0.2, 0) is 19.1 Å². The molecular formula is C43H82NO5+. The molecule has 0 aliphatic rings. The lowest BCUT2D eigenvalue weighted by Crippen LogP contribution is -2.50. The fourth-order valence-corrected chi connectivity index (χ4v) is 6.16. The summed E-state index contributed by atoms with van der Waals surface area (Å²) in [6.45, 7) is 6.96. The first-order chi connectivity index (χ1) is 24.0. The van der Waals surface area contributed by atoms with Crippen molar-refractivity contribution in [2.75, 3.05) is 46.5 Å². The lowest BCUT2D eigenvalue weighted by Gasteiger charge is -2.33. The molecule has 1 N–H and O–H groups in total. The summed E-state index contributed by atoms with van der Waals surface area (Å²) in [6.07, 6.45) is 42.5. The van der Waals surface area contributed by atoms with E-state index in [0.717, 1.165) is 25.7 Å². The number of aliphatic hydroxyl groups excluding tert-OH is 1. The maximum Gasteiger partial charge on any atom is 0.305 e. The fourth-order valence-electron chi connectivity index (χ4n) is 6.16. The summed E-state index contributed by atoms with van der Waals surface area (Å²) < 4.78 is 11.5. The minimum Gasteiger partial charge on any atom is -0.460 e. The molecule has 0 aliphatic carbocycles. The van der Waals surface area contributed by atoms with Crippen LogP contribution in [0.1, 0.15) is 194 Å². The first-order valence-corrected chi connectivity index (χ1v) is 21.0. The Morgan fingerprint density at radius 3 is 1.10 bits per heavy atom. The van der Waals surface area contributed by atoms with E-state index in [-0.39, 0.29) is 18.5 Å². The van der Waals surface area contributed by atoms with Crippen LogP contribution in [-0.4, -0.2) is 68.0 Å². The molecule has 0 aromatic heterocycles. The van der Waals surface area contributed by atoms with Crippen molar-refractivity contribution in [3.63, 3.8) is 0 Å². The number of carbonyl (C=O) groups is 2. The smallest absolute Gasteiger partial charge is 0.305 e. The number of quaternary nitrogens is 1. The quantitative estimate of drug-likeness (QED) is 0.0302. The summed E-state index contributed by atoms with van der Waals surface area (Å²) in [6, 6.07) is 0. The van der Waals surface area contributed by atoms with E-state index >= 15 is 0 Å². The van der Waals surface area contributed by atoms with Gasteiger partial charge >= 0.3 is 11.9 Å². The van der Waals surface area contributed by atoms with Crippen LogP contribution >= 0.6 is 0 Å². The van der Waals surface area contributed by atoms with Gasteiger partial charge in [0.25, 0.3) is 0 Å². The minimum absolute atomic E-state index is 0.0439. The molecule has 0 fully saturated rings. The van der Waals surface area contributed by atoms with Gasteiger partial charge in [-0.05, 0) is 64.2 Å². The minimum atomic E-state index is -0.139. The number of unbranched alkanes of at least 4 members (excludes halogenated alkanes) is 22. The Bertz CT molecular complexity index is 722. The summed E-state index contributed by atoms with van der Waals surface area (Å²) in [5.74, 6) is -0.279. The van der Waals surface area contributed by atoms with Gasteiger partial charge in [0.2, 0.25) is 0 Å². The zero-order valence-corrected chi connectivity index (χ0v) is 32.9. The Hall–Kier alpha value is -1.66. The van der Waals surface area contributed by atoms with Gasteiger partial charge in [0.15, 0.2) is 0 Å². The predicted octanol–water partition coefficient (Wildman–Crippen LogP) is 11.6. The summed E-state index contributed by atoms with van der Waals surface area (Å²) in [4.78, 5) is 24.5. The van der Waals surface area contributed by atoms with E-state index < -0.39 is 0 Å². The van der Waals surface area contributed by atoms with Gasteiger partial charge < -0.3 is 19.1 Å². The Morgan fingerprint density at radius 2 is 0.776 bits per heavy atom. The van der Waals surface area contributed by atoms with Gasteiger partial charge in [-0.1, -0.05) is 141 Å². The maximum absolute atomic E-state index is 12.2. The molecule has 0 atom stereocenters. The third-order valence-corrected chi connectivity index (χ3v) is 9.71. The molecule has 6 nitrogen and oxygen atoms in total. The van der Waals surface area contributed by atoms with Gasteiger partial charge in [0.1, 0.15) is 32.8 Å². The summed E-state index contributed by atoms with van der Waals surface area (Å²) in [5, 5.41) is 9.58. The third kappa shape index (κ3) is 36.0. The molecule has 0 unspecified atom stereocenters. The molecule has 0 radical (unpaired) electrons. The maximum atomic E-state index is 12.2. The van der Waals surface area contributed by atoms with Gasteiger partial charge in [-0.15, -0.1) is 0 Å². The van der Waals surface area contributed by atoms with E-state index in [4.69, 9.17) is 9.47 Å². The van der Waals surface area contributed by atoms with E-state index in [0.29, 0.717) is 50.2 Å². The molecule has 0 aromatic rings. The highest BCUT2D eigenvalue weighted by Crippen LogP contribution is 2.12. The first kappa shape index (κ1) is 47.3. The number of allylic oxidation sites excluding steroid dienone is 4. The van der Waals surface area contributed by atoms with Crippen molar-refractivity contribution in [1.29, 1.82) is 0 Å². The molecule has 0 saturated heterocycles. The molecule has 0 aromatic carbocycles. The largest absolute Gasteiger partial charge is 0.460 e. The number of rotatable bonds is 38. The molecule has 0 saturated carbocycles. The predicted molar refractivity (Wildman–Crippen MR) is 209 cm³/mol. The fraction of sp³-hybridized carbons (Fsp3) is 0.860. The van der Waals surface area contributed by atoms with Crippen LogP contribution in [0, 0.1) is 0 Å². The highest BCUT2D eigenvalue weighted by molar-refractivity contribution is 5.69. The van der Waals surface area contributed by atoms with E-state index in [1.54, 1.807) is 0 Å². The average Bonchev–Trinajstić information content (AvgIpc) is 3.08. The highest BCUT2D eigenvalue weighted by atomic mass is 16.5. The van der Waals surface area contributed by atoms with Crippen LogP contribution in [0.25, 0.3) is 0 Å². The summed E-state index contributed by atoms with van der Waals surface area (Å²) in [5.41, 5.74) is 0. The number of hydrogen-bond acceptors (Lipinski definition) is 5. The van der Waals surface area contributed by atoms with Crippen molar-refractivity contribution >= 4 is 11.9 Å². The van der Waals surface area contributed by atoms with Crippen LogP contribution in [0.5, 0.6) is 0 Å². The van der Waals surface area contributed by atoms with Crippen molar-refractivity contribution < 1.29 is 28.7 Å². The number of aliphatic hydroxyl groups is 1. The molecular weight excluding hydrogens is 610 g/mol. The number of esters is 2. The Kier molecular flexibility index (Phi) is 36.3. The van der Waals surface area contributed by atoms with Crippen molar-refractivity contribution in [3.8, 4) is 0 Å². The Labute approximate surface area is 304 Å². The molecule has 0 heterocycles. The Morgan fingerprint density at radius 1 is 0.469 bits per heavy atom. The van der Waals surface area contributed by atoms with Gasteiger partial charge in [-0.3, -0.25) is 9.59 Å². The van der Waals surface area contributed by atoms with Crippen LogP contribution in [0.4, 0.5) is 0 Å². The van der Waals surface area contributed by atoms with Crippen LogP contribution < -0.4 is 0 Å². The third-order valence-electron chi connectivity index (χ3n) is 9.71. The standard InChI is InChI=1S/C43H82NO5/c1-4-6-8-10-12-14-16-18-20-22-24-26-28-30-32-34-42(46)48-40-37-44(3,36-39-45)38-41-49-43(47)35-33-31-29-27-25-23-21-19-17-15-13-11-9-7-5-2/h18-21,45H,4-17,22-41H2,1-3H3/q+1.